The Hall–Kier alpha value is -1.52. The number of anilines is 1. The van der Waals surface area contributed by atoms with E-state index in [2.05, 4.69) is 58.2 Å². The van der Waals surface area contributed by atoms with Crippen molar-refractivity contribution in [1.82, 2.24) is 9.80 Å². The first kappa shape index (κ1) is 20.7. The summed E-state index contributed by atoms with van der Waals surface area (Å²) in [4.78, 5) is 7.44. The highest BCUT2D eigenvalue weighted by atomic mass is 35.5. The molecule has 4 rings (SSSR count). The van der Waals surface area contributed by atoms with Crippen molar-refractivity contribution in [1.29, 1.82) is 0 Å². The largest absolute Gasteiger partial charge is 0.368 e. The van der Waals surface area contributed by atoms with E-state index >= 15 is 0 Å². The zero-order valence-electron chi connectivity index (χ0n) is 17.1. The molecule has 29 heavy (non-hydrogen) atoms. The van der Waals surface area contributed by atoms with Crippen molar-refractivity contribution in [2.45, 2.75) is 19.4 Å². The fourth-order valence-electron chi connectivity index (χ4n) is 4.29. The summed E-state index contributed by atoms with van der Waals surface area (Å²) < 4.78 is 0. The van der Waals surface area contributed by atoms with E-state index in [0.717, 1.165) is 45.8 Å². The van der Waals surface area contributed by atoms with Gasteiger partial charge >= 0.3 is 0 Å². The van der Waals surface area contributed by atoms with Crippen LogP contribution in [0.2, 0.25) is 10.0 Å². The lowest BCUT2D eigenvalue weighted by atomic mass is 10.00. The van der Waals surface area contributed by atoms with E-state index in [1.807, 2.05) is 12.1 Å². The Balaban J connectivity index is 1.47. The quantitative estimate of drug-likeness (QED) is 0.641. The van der Waals surface area contributed by atoms with Crippen molar-refractivity contribution in [2.75, 3.05) is 51.2 Å². The van der Waals surface area contributed by atoms with Crippen LogP contribution in [0.25, 0.3) is 6.08 Å². The highest BCUT2D eigenvalue weighted by molar-refractivity contribution is 6.42. The van der Waals surface area contributed by atoms with Gasteiger partial charge in [-0.25, -0.2) is 0 Å². The maximum absolute atomic E-state index is 6.20. The van der Waals surface area contributed by atoms with Crippen molar-refractivity contribution in [2.24, 2.45) is 0 Å². The summed E-state index contributed by atoms with van der Waals surface area (Å²) >= 11 is 12.3. The van der Waals surface area contributed by atoms with Crippen molar-refractivity contribution in [3.63, 3.8) is 0 Å². The molecule has 0 aliphatic carbocycles. The Labute approximate surface area is 184 Å². The molecule has 0 bridgehead atoms. The van der Waals surface area contributed by atoms with E-state index in [0.29, 0.717) is 10.0 Å². The van der Waals surface area contributed by atoms with Gasteiger partial charge in [0, 0.05) is 45.0 Å². The second-order valence-corrected chi connectivity index (χ2v) is 9.03. The maximum atomic E-state index is 6.20. The first-order chi connectivity index (χ1) is 14.1. The molecule has 0 atom stereocenters. The van der Waals surface area contributed by atoms with Gasteiger partial charge in [0.05, 0.1) is 10.0 Å². The van der Waals surface area contributed by atoms with Crippen LogP contribution in [0.1, 0.15) is 24.0 Å². The third-order valence-corrected chi connectivity index (χ3v) is 6.67. The number of hydrogen-bond acceptors (Lipinski definition) is 3. The van der Waals surface area contributed by atoms with Crippen LogP contribution in [0.15, 0.2) is 48.0 Å². The van der Waals surface area contributed by atoms with Crippen LogP contribution in [0.3, 0.4) is 0 Å². The molecule has 0 unspecified atom stereocenters. The van der Waals surface area contributed by atoms with Crippen molar-refractivity contribution in [3.8, 4) is 0 Å². The average molecular weight is 430 g/mol. The molecule has 5 heteroatoms. The van der Waals surface area contributed by atoms with Gasteiger partial charge in [-0.2, -0.15) is 0 Å². The number of benzene rings is 2. The maximum Gasteiger partial charge on any atom is 0.0595 e. The zero-order valence-corrected chi connectivity index (χ0v) is 18.6. The summed E-state index contributed by atoms with van der Waals surface area (Å²) in [5.74, 6) is 0. The average Bonchev–Trinajstić information content (AvgIpc) is 2.72. The van der Waals surface area contributed by atoms with E-state index in [1.54, 1.807) is 0 Å². The first-order valence-corrected chi connectivity index (χ1v) is 11.2. The normalized spacial score (nSPS) is 20.4. The van der Waals surface area contributed by atoms with Gasteiger partial charge in [-0.1, -0.05) is 59.1 Å². The molecule has 0 amide bonds. The summed E-state index contributed by atoms with van der Waals surface area (Å²) in [7, 11) is 2.20. The Kier molecular flexibility index (Phi) is 6.81. The van der Waals surface area contributed by atoms with Gasteiger partial charge < -0.3 is 9.80 Å². The standard InChI is InChI=1S/C24H29Cl2N3/c1-27-11-13-29(14-12-27)24-7-3-2-6-21(24)15-19-5-4-10-28(17-19)18-20-8-9-22(25)23(26)16-20/h2-3,6-9,15-16H,4-5,10-14,17-18H2,1H3. The van der Waals surface area contributed by atoms with Gasteiger partial charge in [0.15, 0.2) is 0 Å². The molecule has 2 aliphatic heterocycles. The molecule has 0 saturated carbocycles. The smallest absolute Gasteiger partial charge is 0.0595 e. The first-order valence-electron chi connectivity index (χ1n) is 10.5. The van der Waals surface area contributed by atoms with E-state index in [1.165, 1.54) is 35.2 Å². The highest BCUT2D eigenvalue weighted by Gasteiger charge is 2.18. The highest BCUT2D eigenvalue weighted by Crippen LogP contribution is 2.28. The summed E-state index contributed by atoms with van der Waals surface area (Å²) in [6, 6.07) is 14.8. The van der Waals surface area contributed by atoms with Crippen LogP contribution in [-0.4, -0.2) is 56.1 Å². The predicted octanol–water partition coefficient (Wildman–Crippen LogP) is 5.42. The number of nitrogens with zero attached hydrogens (tertiary/aromatic N) is 3. The third kappa shape index (κ3) is 5.35. The minimum absolute atomic E-state index is 0.621. The monoisotopic (exact) mass is 429 g/mol. The number of halogens is 2. The molecule has 2 aliphatic rings. The topological polar surface area (TPSA) is 9.72 Å². The molecule has 2 fully saturated rings. The molecule has 3 nitrogen and oxygen atoms in total. The second kappa shape index (κ2) is 9.53. The third-order valence-electron chi connectivity index (χ3n) is 5.93. The molecule has 0 radical (unpaired) electrons. The van der Waals surface area contributed by atoms with E-state index in [4.69, 9.17) is 23.2 Å². The Morgan fingerprint density at radius 1 is 0.931 bits per heavy atom. The number of piperazine rings is 1. The fraction of sp³-hybridized carbons (Fsp3) is 0.417. The van der Waals surface area contributed by atoms with E-state index < -0.39 is 0 Å². The molecule has 2 aromatic carbocycles. The molecule has 0 aromatic heterocycles. The summed E-state index contributed by atoms with van der Waals surface area (Å²) in [5, 5.41) is 1.26. The van der Waals surface area contributed by atoms with Crippen LogP contribution in [0.5, 0.6) is 0 Å². The molecule has 2 heterocycles. The van der Waals surface area contributed by atoms with Crippen molar-refractivity contribution in [3.05, 3.63) is 69.2 Å². The lowest BCUT2D eigenvalue weighted by Gasteiger charge is -2.35. The summed E-state index contributed by atoms with van der Waals surface area (Å²) in [5.41, 5.74) is 5.45. The number of para-hydroxylation sites is 1. The van der Waals surface area contributed by atoms with Crippen molar-refractivity contribution < 1.29 is 0 Å². The molecule has 0 N–H and O–H groups in total. The minimum Gasteiger partial charge on any atom is -0.368 e. The number of rotatable bonds is 4. The van der Waals surface area contributed by atoms with Gasteiger partial charge in [0.2, 0.25) is 0 Å². The van der Waals surface area contributed by atoms with E-state index in [-0.39, 0.29) is 0 Å². The van der Waals surface area contributed by atoms with Gasteiger partial charge in [-0.15, -0.1) is 0 Å². The molecule has 0 spiro atoms. The van der Waals surface area contributed by atoms with Crippen molar-refractivity contribution >= 4 is 35.0 Å². The zero-order chi connectivity index (χ0) is 20.2. The van der Waals surface area contributed by atoms with Gasteiger partial charge in [0.1, 0.15) is 0 Å². The van der Waals surface area contributed by atoms with Crippen LogP contribution >= 0.6 is 23.2 Å². The fourth-order valence-corrected chi connectivity index (χ4v) is 4.61. The minimum atomic E-state index is 0.621. The van der Waals surface area contributed by atoms with E-state index in [9.17, 15) is 0 Å². The number of likely N-dealkylation sites (N-methyl/N-ethyl adjacent to an activating group) is 1. The lowest BCUT2D eigenvalue weighted by molar-refractivity contribution is 0.259. The summed E-state index contributed by atoms with van der Waals surface area (Å²) in [6.07, 6.45) is 4.80. The Morgan fingerprint density at radius 3 is 2.52 bits per heavy atom. The van der Waals surface area contributed by atoms with Crippen LogP contribution in [0, 0.1) is 0 Å². The van der Waals surface area contributed by atoms with Gasteiger partial charge in [-0.05, 0) is 55.8 Å². The predicted molar refractivity (Wildman–Crippen MR) is 125 cm³/mol. The SMILES string of the molecule is CN1CCN(c2ccccc2C=C2CCCN(Cc3ccc(Cl)c(Cl)c3)C2)CC1. The van der Waals surface area contributed by atoms with Gasteiger partial charge in [0.25, 0.3) is 0 Å². The molecule has 154 valence electrons. The van der Waals surface area contributed by atoms with Crippen LogP contribution < -0.4 is 4.90 Å². The van der Waals surface area contributed by atoms with Crippen LogP contribution in [-0.2, 0) is 6.54 Å². The molecular weight excluding hydrogens is 401 g/mol. The molecule has 2 saturated heterocycles. The second-order valence-electron chi connectivity index (χ2n) is 8.21. The Bertz CT molecular complexity index is 872. The number of piperidine rings is 1. The molecule has 2 aromatic rings. The van der Waals surface area contributed by atoms with Crippen LogP contribution in [0.4, 0.5) is 5.69 Å². The number of hydrogen-bond donors (Lipinski definition) is 0. The molecular formula is C24H29Cl2N3. The Morgan fingerprint density at radius 2 is 1.72 bits per heavy atom. The lowest BCUT2D eigenvalue weighted by Crippen LogP contribution is -2.44. The van der Waals surface area contributed by atoms with Gasteiger partial charge in [-0.3, -0.25) is 4.90 Å². The summed E-state index contributed by atoms with van der Waals surface area (Å²) in [6.45, 7) is 7.49. The number of likely N-dealkylation sites (tertiary alicyclic amines) is 1.